The van der Waals surface area contributed by atoms with Crippen molar-refractivity contribution >= 4 is 23.6 Å². The number of thioether (sulfide) groups is 1. The number of para-hydroxylation sites is 1. The lowest BCUT2D eigenvalue weighted by Crippen LogP contribution is -2.41. The lowest BCUT2D eigenvalue weighted by molar-refractivity contribution is 0.0298. The molecular formula is C24H24N4O3S. The summed E-state index contributed by atoms with van der Waals surface area (Å²) in [7, 11) is 3.49. The van der Waals surface area contributed by atoms with E-state index in [-0.39, 0.29) is 11.8 Å². The van der Waals surface area contributed by atoms with Crippen LogP contribution in [0.4, 0.5) is 0 Å². The maximum absolute atomic E-state index is 13.4. The second-order valence-corrected chi connectivity index (χ2v) is 9.04. The van der Waals surface area contributed by atoms with E-state index < -0.39 is 0 Å². The van der Waals surface area contributed by atoms with Gasteiger partial charge >= 0.3 is 0 Å². The molecule has 3 heterocycles. The van der Waals surface area contributed by atoms with Crippen molar-refractivity contribution in [1.82, 2.24) is 19.6 Å². The molecule has 32 heavy (non-hydrogen) atoms. The molecule has 1 aromatic heterocycles. The van der Waals surface area contributed by atoms with E-state index in [1.165, 1.54) is 0 Å². The largest absolute Gasteiger partial charge is 0.378 e. The third-order valence-electron chi connectivity index (χ3n) is 5.74. The Kier molecular flexibility index (Phi) is 5.48. The highest BCUT2D eigenvalue weighted by Gasteiger charge is 2.32. The molecule has 2 aliphatic heterocycles. The minimum atomic E-state index is -0.0659. The van der Waals surface area contributed by atoms with E-state index in [1.807, 2.05) is 58.1 Å². The first kappa shape index (κ1) is 20.8. The highest BCUT2D eigenvalue weighted by molar-refractivity contribution is 7.98. The van der Waals surface area contributed by atoms with Crippen LogP contribution >= 0.6 is 11.8 Å². The Balaban J connectivity index is 1.68. The van der Waals surface area contributed by atoms with E-state index in [2.05, 4.69) is 0 Å². The Morgan fingerprint density at radius 1 is 1.06 bits per heavy atom. The van der Waals surface area contributed by atoms with Crippen LogP contribution in [0.5, 0.6) is 0 Å². The summed E-state index contributed by atoms with van der Waals surface area (Å²) in [6.07, 6.45) is 0. The SMILES string of the molecule is CN(C)C(=O)c1ccc2c(c1)-c1c(c(C(=O)N3CCOCC3)nn1-c1ccccc1)CS2. The molecule has 2 aromatic carbocycles. The van der Waals surface area contributed by atoms with E-state index in [9.17, 15) is 9.59 Å². The summed E-state index contributed by atoms with van der Waals surface area (Å²) >= 11 is 1.67. The predicted octanol–water partition coefficient (Wildman–Crippen LogP) is 3.32. The molecule has 2 amide bonds. The Bertz CT molecular complexity index is 1180. The summed E-state index contributed by atoms with van der Waals surface area (Å²) in [6, 6.07) is 15.6. The molecule has 7 nitrogen and oxygen atoms in total. The van der Waals surface area contributed by atoms with Crippen molar-refractivity contribution in [3.63, 3.8) is 0 Å². The molecule has 2 aliphatic rings. The summed E-state index contributed by atoms with van der Waals surface area (Å²) in [5.74, 6) is 0.533. The number of ether oxygens (including phenoxy) is 1. The smallest absolute Gasteiger partial charge is 0.274 e. The quantitative estimate of drug-likeness (QED) is 0.615. The van der Waals surface area contributed by atoms with Crippen LogP contribution < -0.4 is 0 Å². The van der Waals surface area contributed by atoms with E-state index in [1.54, 1.807) is 30.8 Å². The first-order chi connectivity index (χ1) is 15.5. The van der Waals surface area contributed by atoms with Crippen LogP contribution in [0, 0.1) is 0 Å². The number of carbonyl (C=O) groups excluding carboxylic acids is 2. The van der Waals surface area contributed by atoms with E-state index in [0.29, 0.717) is 43.3 Å². The van der Waals surface area contributed by atoms with Crippen molar-refractivity contribution in [2.75, 3.05) is 40.4 Å². The normalized spacial score (nSPS) is 15.1. The molecule has 1 saturated heterocycles. The second kappa shape index (κ2) is 8.44. The van der Waals surface area contributed by atoms with Gasteiger partial charge in [0.1, 0.15) is 0 Å². The van der Waals surface area contributed by atoms with Gasteiger partial charge in [-0.05, 0) is 30.3 Å². The number of benzene rings is 2. The van der Waals surface area contributed by atoms with Crippen molar-refractivity contribution in [2.24, 2.45) is 0 Å². The topological polar surface area (TPSA) is 67.7 Å². The van der Waals surface area contributed by atoms with Crippen LogP contribution in [0.25, 0.3) is 16.9 Å². The zero-order chi connectivity index (χ0) is 22.2. The standard InChI is InChI=1S/C24H24N4O3S/c1-26(2)23(29)16-8-9-20-18(14-16)22-19(15-32-20)21(24(30)27-10-12-31-13-11-27)25-28(22)17-6-4-3-5-7-17/h3-9,14H,10-13,15H2,1-2H3. The maximum Gasteiger partial charge on any atom is 0.274 e. The van der Waals surface area contributed by atoms with Crippen LogP contribution in [0.15, 0.2) is 53.4 Å². The minimum Gasteiger partial charge on any atom is -0.378 e. The van der Waals surface area contributed by atoms with Crippen LogP contribution in [0.2, 0.25) is 0 Å². The number of hydrogen-bond acceptors (Lipinski definition) is 5. The van der Waals surface area contributed by atoms with Crippen LogP contribution in [-0.2, 0) is 10.5 Å². The number of morpholine rings is 1. The van der Waals surface area contributed by atoms with Gasteiger partial charge in [0, 0.05) is 54.5 Å². The Labute approximate surface area is 191 Å². The average molecular weight is 449 g/mol. The number of fused-ring (bicyclic) bond motifs is 3. The molecule has 0 N–H and O–H groups in total. The molecule has 0 spiro atoms. The number of nitrogens with zero attached hydrogens (tertiary/aromatic N) is 4. The van der Waals surface area contributed by atoms with Crippen molar-refractivity contribution in [3.05, 3.63) is 65.4 Å². The number of carbonyl (C=O) groups is 2. The van der Waals surface area contributed by atoms with Gasteiger partial charge in [-0.15, -0.1) is 11.8 Å². The molecule has 1 fully saturated rings. The molecule has 0 saturated carbocycles. The van der Waals surface area contributed by atoms with Crippen LogP contribution in [-0.4, -0.2) is 71.8 Å². The van der Waals surface area contributed by atoms with Gasteiger partial charge in [-0.25, -0.2) is 4.68 Å². The fourth-order valence-electron chi connectivity index (χ4n) is 4.09. The highest BCUT2D eigenvalue weighted by atomic mass is 32.2. The van der Waals surface area contributed by atoms with Crippen LogP contribution in [0.1, 0.15) is 26.4 Å². The monoisotopic (exact) mass is 448 g/mol. The van der Waals surface area contributed by atoms with Gasteiger partial charge in [0.2, 0.25) is 0 Å². The number of amides is 2. The van der Waals surface area contributed by atoms with Gasteiger partial charge in [-0.3, -0.25) is 9.59 Å². The zero-order valence-electron chi connectivity index (χ0n) is 18.1. The van der Waals surface area contributed by atoms with Gasteiger partial charge in [0.15, 0.2) is 5.69 Å². The van der Waals surface area contributed by atoms with Crippen molar-refractivity contribution in [3.8, 4) is 16.9 Å². The number of hydrogen-bond donors (Lipinski definition) is 0. The fourth-order valence-corrected chi connectivity index (χ4v) is 5.14. The van der Waals surface area contributed by atoms with Crippen molar-refractivity contribution in [1.29, 1.82) is 0 Å². The zero-order valence-corrected chi connectivity index (χ0v) is 18.9. The van der Waals surface area contributed by atoms with Crippen molar-refractivity contribution < 1.29 is 14.3 Å². The molecule has 0 bridgehead atoms. The number of aromatic nitrogens is 2. The first-order valence-corrected chi connectivity index (χ1v) is 11.6. The Hall–Kier alpha value is -3.10. The molecule has 3 aromatic rings. The molecule has 0 radical (unpaired) electrons. The van der Waals surface area contributed by atoms with Gasteiger partial charge in [0.05, 0.1) is 24.6 Å². The highest BCUT2D eigenvalue weighted by Crippen LogP contribution is 2.44. The van der Waals surface area contributed by atoms with E-state index in [0.717, 1.165) is 27.4 Å². The average Bonchev–Trinajstić information content (AvgIpc) is 3.24. The summed E-state index contributed by atoms with van der Waals surface area (Å²) in [5, 5.41) is 4.82. The fraction of sp³-hybridized carbons (Fsp3) is 0.292. The Morgan fingerprint density at radius 2 is 1.81 bits per heavy atom. The molecular weight excluding hydrogens is 424 g/mol. The summed E-state index contributed by atoms with van der Waals surface area (Å²) in [6.45, 7) is 2.22. The van der Waals surface area contributed by atoms with Gasteiger partial charge < -0.3 is 14.5 Å². The third-order valence-corrected chi connectivity index (χ3v) is 6.84. The van der Waals surface area contributed by atoms with Gasteiger partial charge in [-0.1, -0.05) is 18.2 Å². The van der Waals surface area contributed by atoms with E-state index in [4.69, 9.17) is 9.84 Å². The van der Waals surface area contributed by atoms with Crippen LogP contribution in [0.3, 0.4) is 0 Å². The lowest BCUT2D eigenvalue weighted by atomic mass is 10.0. The van der Waals surface area contributed by atoms with Gasteiger partial charge in [-0.2, -0.15) is 5.10 Å². The molecule has 0 aliphatic carbocycles. The maximum atomic E-state index is 13.4. The molecule has 0 atom stereocenters. The Morgan fingerprint density at radius 3 is 2.53 bits per heavy atom. The van der Waals surface area contributed by atoms with Gasteiger partial charge in [0.25, 0.3) is 11.8 Å². The number of rotatable bonds is 3. The second-order valence-electron chi connectivity index (χ2n) is 8.03. The predicted molar refractivity (Wildman–Crippen MR) is 123 cm³/mol. The first-order valence-electron chi connectivity index (χ1n) is 10.6. The van der Waals surface area contributed by atoms with Crippen molar-refractivity contribution in [2.45, 2.75) is 10.6 Å². The molecule has 8 heteroatoms. The lowest BCUT2D eigenvalue weighted by Gasteiger charge is -2.26. The summed E-state index contributed by atoms with van der Waals surface area (Å²) < 4.78 is 7.27. The molecule has 164 valence electrons. The molecule has 5 rings (SSSR count). The third kappa shape index (κ3) is 3.59. The summed E-state index contributed by atoms with van der Waals surface area (Å²) in [5.41, 5.74) is 4.71. The molecule has 0 unspecified atom stereocenters. The summed E-state index contributed by atoms with van der Waals surface area (Å²) in [4.78, 5) is 30.5. The minimum absolute atomic E-state index is 0.0553. The van der Waals surface area contributed by atoms with E-state index >= 15 is 0 Å².